The molecule has 0 amide bonds. The number of fused-ring (bicyclic) bond motifs is 5. The largest absolute Gasteiger partial charge is 0.288 e. The highest BCUT2D eigenvalue weighted by Crippen LogP contribution is 2.57. The van der Waals surface area contributed by atoms with E-state index in [2.05, 4.69) is 25.7 Å². The normalized spacial score (nSPS) is 36.5. The molecule has 1 aromatic heterocycles. The molecule has 1 aromatic rings. The van der Waals surface area contributed by atoms with Crippen molar-refractivity contribution in [1.29, 1.82) is 0 Å². The van der Waals surface area contributed by atoms with Crippen molar-refractivity contribution < 1.29 is 0 Å². The number of aromatic nitrogens is 3. The monoisotopic (exact) mass is 273 g/mol. The standard InChI is InChI=1S/C14H19N5O/c1-7-13(20)15-14(18-16-7)19-17-12-6-8-5-11(12)10-4-2-3-9(8)10/h8-11H,2-6H2,1H3,(H2,15,18,19,20). The van der Waals surface area contributed by atoms with Crippen LogP contribution >= 0.6 is 0 Å². The van der Waals surface area contributed by atoms with Gasteiger partial charge in [-0.1, -0.05) is 6.42 Å². The molecule has 0 aliphatic heterocycles. The second-order valence-electron chi connectivity index (χ2n) is 6.37. The molecular formula is C14H19N5O. The molecule has 6 heteroatoms. The third kappa shape index (κ3) is 1.77. The van der Waals surface area contributed by atoms with Gasteiger partial charge in [-0.3, -0.25) is 9.78 Å². The molecule has 3 aliphatic rings. The molecule has 20 heavy (non-hydrogen) atoms. The van der Waals surface area contributed by atoms with E-state index in [0.717, 1.165) is 24.2 Å². The Labute approximate surface area is 117 Å². The minimum atomic E-state index is -0.216. The van der Waals surface area contributed by atoms with Gasteiger partial charge in [0.2, 0.25) is 5.95 Å². The number of nitrogens with one attached hydrogen (secondary N) is 2. The summed E-state index contributed by atoms with van der Waals surface area (Å²) in [5, 5.41) is 12.2. The van der Waals surface area contributed by atoms with Gasteiger partial charge in [0, 0.05) is 11.6 Å². The molecule has 0 saturated heterocycles. The zero-order chi connectivity index (χ0) is 13.7. The molecule has 4 rings (SSSR count). The van der Waals surface area contributed by atoms with Crippen molar-refractivity contribution in [3.8, 4) is 0 Å². The van der Waals surface area contributed by atoms with Gasteiger partial charge >= 0.3 is 0 Å². The van der Waals surface area contributed by atoms with Gasteiger partial charge in [0.15, 0.2) is 0 Å². The summed E-state index contributed by atoms with van der Waals surface area (Å²) in [6.45, 7) is 1.64. The van der Waals surface area contributed by atoms with E-state index in [1.54, 1.807) is 6.92 Å². The van der Waals surface area contributed by atoms with Crippen LogP contribution in [0.3, 0.4) is 0 Å². The minimum Gasteiger partial charge on any atom is -0.288 e. The molecule has 4 unspecified atom stereocenters. The van der Waals surface area contributed by atoms with Crippen LogP contribution in [0.2, 0.25) is 0 Å². The van der Waals surface area contributed by atoms with E-state index in [4.69, 9.17) is 0 Å². The quantitative estimate of drug-likeness (QED) is 0.803. The highest BCUT2D eigenvalue weighted by molar-refractivity contribution is 5.90. The van der Waals surface area contributed by atoms with Gasteiger partial charge in [-0.25, -0.2) is 5.43 Å². The molecule has 2 bridgehead atoms. The zero-order valence-corrected chi connectivity index (χ0v) is 11.6. The van der Waals surface area contributed by atoms with E-state index in [1.165, 1.54) is 31.4 Å². The Hall–Kier alpha value is -1.72. The summed E-state index contributed by atoms with van der Waals surface area (Å²) >= 11 is 0. The fourth-order valence-corrected chi connectivity index (χ4v) is 4.51. The fraction of sp³-hybridized carbons (Fsp3) is 0.714. The lowest BCUT2D eigenvalue weighted by Crippen LogP contribution is -2.25. The van der Waals surface area contributed by atoms with Crippen LogP contribution in [0.1, 0.15) is 37.8 Å². The maximum Gasteiger partial charge on any atom is 0.274 e. The highest BCUT2D eigenvalue weighted by Gasteiger charge is 2.52. The topological polar surface area (TPSA) is 83.0 Å². The van der Waals surface area contributed by atoms with Gasteiger partial charge < -0.3 is 0 Å². The van der Waals surface area contributed by atoms with E-state index in [0.29, 0.717) is 17.6 Å². The number of anilines is 1. The van der Waals surface area contributed by atoms with Crippen molar-refractivity contribution in [1.82, 2.24) is 15.2 Å². The highest BCUT2D eigenvalue weighted by atomic mass is 16.1. The van der Waals surface area contributed by atoms with Crippen LogP contribution in [0.15, 0.2) is 9.90 Å². The Morgan fingerprint density at radius 3 is 3.00 bits per heavy atom. The summed E-state index contributed by atoms with van der Waals surface area (Å²) in [5.74, 6) is 3.65. The van der Waals surface area contributed by atoms with Crippen LogP contribution in [0, 0.1) is 30.6 Å². The van der Waals surface area contributed by atoms with E-state index < -0.39 is 0 Å². The Kier molecular flexibility index (Phi) is 2.65. The number of aromatic amines is 1. The molecule has 0 radical (unpaired) electrons. The number of nitrogens with zero attached hydrogens (tertiary/aromatic N) is 3. The van der Waals surface area contributed by atoms with E-state index >= 15 is 0 Å². The average molecular weight is 273 g/mol. The van der Waals surface area contributed by atoms with Gasteiger partial charge in [0.05, 0.1) is 0 Å². The molecule has 3 saturated carbocycles. The van der Waals surface area contributed by atoms with Gasteiger partial charge in [-0.05, 0) is 50.4 Å². The van der Waals surface area contributed by atoms with Crippen LogP contribution < -0.4 is 11.0 Å². The lowest BCUT2D eigenvalue weighted by molar-refractivity contribution is 0.333. The number of hydrogen-bond acceptors (Lipinski definition) is 5. The number of aryl methyl sites for hydroxylation is 1. The van der Waals surface area contributed by atoms with E-state index in [9.17, 15) is 4.79 Å². The van der Waals surface area contributed by atoms with Crippen LogP contribution in [0.25, 0.3) is 0 Å². The molecule has 6 nitrogen and oxygen atoms in total. The fourth-order valence-electron chi connectivity index (χ4n) is 4.51. The first kappa shape index (κ1) is 12.1. The van der Waals surface area contributed by atoms with E-state index in [1.807, 2.05) is 0 Å². The van der Waals surface area contributed by atoms with Crippen LogP contribution in [0.5, 0.6) is 0 Å². The maximum atomic E-state index is 11.5. The Morgan fingerprint density at radius 1 is 1.30 bits per heavy atom. The molecular weight excluding hydrogens is 254 g/mol. The number of hydrazone groups is 1. The molecule has 3 aliphatic carbocycles. The maximum absolute atomic E-state index is 11.5. The lowest BCUT2D eigenvalue weighted by atomic mass is 9.81. The second kappa shape index (κ2) is 4.40. The summed E-state index contributed by atoms with van der Waals surface area (Å²) in [6, 6.07) is 0. The first-order valence-electron chi connectivity index (χ1n) is 7.48. The first-order chi connectivity index (χ1) is 9.72. The second-order valence-corrected chi connectivity index (χ2v) is 6.37. The van der Waals surface area contributed by atoms with Crippen molar-refractivity contribution in [2.24, 2.45) is 28.8 Å². The molecule has 3 fully saturated rings. The smallest absolute Gasteiger partial charge is 0.274 e. The molecule has 0 aromatic carbocycles. The Bertz CT molecular complexity index is 622. The predicted octanol–water partition coefficient (Wildman–Crippen LogP) is 1.70. The number of H-pyrrole nitrogens is 1. The summed E-state index contributed by atoms with van der Waals surface area (Å²) in [6.07, 6.45) is 6.60. The third-order valence-corrected chi connectivity index (χ3v) is 5.37. The van der Waals surface area contributed by atoms with E-state index in [-0.39, 0.29) is 5.56 Å². The average Bonchev–Trinajstić information content (AvgIpc) is 3.11. The predicted molar refractivity (Wildman–Crippen MR) is 75.5 cm³/mol. The molecule has 0 spiro atoms. The van der Waals surface area contributed by atoms with Gasteiger partial charge in [0.1, 0.15) is 5.69 Å². The summed E-state index contributed by atoms with van der Waals surface area (Å²) < 4.78 is 0. The summed E-state index contributed by atoms with van der Waals surface area (Å²) in [4.78, 5) is 14.1. The van der Waals surface area contributed by atoms with Crippen LogP contribution in [0.4, 0.5) is 5.95 Å². The summed E-state index contributed by atoms with van der Waals surface area (Å²) in [5.41, 5.74) is 4.30. The SMILES string of the molecule is Cc1nnc(NN=C2CC3CC2C2CCCC32)[nH]c1=O. The van der Waals surface area contributed by atoms with Crippen molar-refractivity contribution >= 4 is 11.7 Å². The molecule has 2 N–H and O–H groups in total. The Balaban J connectivity index is 1.51. The van der Waals surface area contributed by atoms with Gasteiger partial charge in [-0.2, -0.15) is 5.10 Å². The van der Waals surface area contributed by atoms with Gasteiger partial charge in [0.25, 0.3) is 5.56 Å². The minimum absolute atomic E-state index is 0.216. The molecule has 1 heterocycles. The number of hydrogen-bond donors (Lipinski definition) is 2. The zero-order valence-electron chi connectivity index (χ0n) is 11.6. The lowest BCUT2D eigenvalue weighted by Gasteiger charge is -2.25. The van der Waals surface area contributed by atoms with Crippen LogP contribution in [-0.4, -0.2) is 20.9 Å². The number of rotatable bonds is 2. The molecule has 4 atom stereocenters. The molecule has 106 valence electrons. The summed E-state index contributed by atoms with van der Waals surface area (Å²) in [7, 11) is 0. The van der Waals surface area contributed by atoms with Crippen LogP contribution in [-0.2, 0) is 0 Å². The van der Waals surface area contributed by atoms with Crippen molar-refractivity contribution in [3.05, 3.63) is 16.0 Å². The van der Waals surface area contributed by atoms with Crippen molar-refractivity contribution in [2.45, 2.75) is 39.0 Å². The Morgan fingerprint density at radius 2 is 2.15 bits per heavy atom. The first-order valence-corrected chi connectivity index (χ1v) is 7.48. The van der Waals surface area contributed by atoms with Crippen molar-refractivity contribution in [3.63, 3.8) is 0 Å². The van der Waals surface area contributed by atoms with Crippen molar-refractivity contribution in [2.75, 3.05) is 5.43 Å². The van der Waals surface area contributed by atoms with Gasteiger partial charge in [-0.15, -0.1) is 10.2 Å². The third-order valence-electron chi connectivity index (χ3n) is 5.37.